The van der Waals surface area contributed by atoms with Crippen LogP contribution in [0.2, 0.25) is 0 Å². The van der Waals surface area contributed by atoms with Crippen LogP contribution in [0.15, 0.2) is 0 Å². The third-order valence-electron chi connectivity index (χ3n) is 3.71. The SMILES string of the molecule is CC(C)C(=O)N[C@@]1(C(=O)O)C[C@@H](F)[C@H]2C[C@H]21. The third kappa shape index (κ3) is 1.49. The number of hydrogen-bond acceptors (Lipinski definition) is 2. The molecule has 0 heterocycles. The Morgan fingerprint density at radius 3 is 2.44 bits per heavy atom. The maximum Gasteiger partial charge on any atom is 0.329 e. The lowest BCUT2D eigenvalue weighted by atomic mass is 9.92. The molecule has 4 atom stereocenters. The van der Waals surface area contributed by atoms with E-state index >= 15 is 0 Å². The summed E-state index contributed by atoms with van der Waals surface area (Å²) < 4.78 is 13.5. The molecule has 0 spiro atoms. The normalized spacial score (nSPS) is 40.6. The molecular formula is C11H16FNO3. The molecular weight excluding hydrogens is 213 g/mol. The quantitative estimate of drug-likeness (QED) is 0.757. The Hall–Kier alpha value is -1.13. The summed E-state index contributed by atoms with van der Waals surface area (Å²) in [6.07, 6.45) is -0.601. The number of rotatable bonds is 3. The highest BCUT2D eigenvalue weighted by atomic mass is 19.1. The number of fused-ring (bicyclic) bond motifs is 1. The molecule has 2 saturated carbocycles. The number of carbonyl (C=O) groups excluding carboxylic acids is 1. The molecule has 0 aromatic heterocycles. The summed E-state index contributed by atoms with van der Waals surface area (Å²) in [5.41, 5.74) is -1.36. The van der Waals surface area contributed by atoms with E-state index in [-0.39, 0.29) is 30.1 Å². The van der Waals surface area contributed by atoms with Gasteiger partial charge in [0.05, 0.1) is 0 Å². The first-order valence-electron chi connectivity index (χ1n) is 5.58. The van der Waals surface area contributed by atoms with E-state index in [2.05, 4.69) is 5.32 Å². The molecule has 2 aliphatic carbocycles. The van der Waals surface area contributed by atoms with Crippen molar-refractivity contribution in [1.82, 2.24) is 5.32 Å². The lowest BCUT2D eigenvalue weighted by molar-refractivity contribution is -0.149. The Morgan fingerprint density at radius 1 is 1.50 bits per heavy atom. The summed E-state index contributed by atoms with van der Waals surface area (Å²) in [6, 6.07) is 0. The molecule has 0 aliphatic heterocycles. The maximum absolute atomic E-state index is 13.5. The zero-order valence-corrected chi connectivity index (χ0v) is 9.37. The van der Waals surface area contributed by atoms with E-state index in [1.807, 2.05) is 0 Å². The van der Waals surface area contributed by atoms with Crippen molar-refractivity contribution in [3.63, 3.8) is 0 Å². The average molecular weight is 229 g/mol. The molecule has 2 N–H and O–H groups in total. The van der Waals surface area contributed by atoms with Crippen LogP contribution in [0.5, 0.6) is 0 Å². The fourth-order valence-electron chi connectivity index (χ4n) is 2.60. The molecule has 0 saturated heterocycles. The Bertz CT molecular complexity index is 344. The van der Waals surface area contributed by atoms with Crippen LogP contribution in [0, 0.1) is 17.8 Å². The molecule has 1 amide bonds. The van der Waals surface area contributed by atoms with Gasteiger partial charge in [0, 0.05) is 12.3 Å². The number of halogens is 1. The Balaban J connectivity index is 2.18. The third-order valence-corrected chi connectivity index (χ3v) is 3.71. The van der Waals surface area contributed by atoms with Crippen LogP contribution in [0.25, 0.3) is 0 Å². The van der Waals surface area contributed by atoms with Gasteiger partial charge in [0.1, 0.15) is 11.7 Å². The first-order chi connectivity index (χ1) is 7.38. The van der Waals surface area contributed by atoms with Gasteiger partial charge < -0.3 is 10.4 Å². The highest BCUT2D eigenvalue weighted by Crippen LogP contribution is 2.58. The van der Waals surface area contributed by atoms with Crippen LogP contribution in [0.1, 0.15) is 26.7 Å². The number of carboxylic acid groups (broad SMARTS) is 1. The summed E-state index contributed by atoms with van der Waals surface area (Å²) in [4.78, 5) is 22.9. The van der Waals surface area contributed by atoms with Crippen LogP contribution >= 0.6 is 0 Å². The van der Waals surface area contributed by atoms with Gasteiger partial charge in [-0.05, 0) is 18.3 Å². The van der Waals surface area contributed by atoms with Crippen LogP contribution in [-0.4, -0.2) is 28.7 Å². The Morgan fingerprint density at radius 2 is 2.12 bits per heavy atom. The van der Waals surface area contributed by atoms with Crippen molar-refractivity contribution in [2.45, 2.75) is 38.4 Å². The van der Waals surface area contributed by atoms with Gasteiger partial charge in [0.2, 0.25) is 5.91 Å². The van der Waals surface area contributed by atoms with E-state index in [9.17, 15) is 19.1 Å². The van der Waals surface area contributed by atoms with Gasteiger partial charge in [0.25, 0.3) is 0 Å². The molecule has 2 rings (SSSR count). The molecule has 2 aliphatic rings. The second kappa shape index (κ2) is 3.43. The predicted molar refractivity (Wildman–Crippen MR) is 54.5 cm³/mol. The number of carboxylic acids is 1. The van der Waals surface area contributed by atoms with Crippen LogP contribution in [0.3, 0.4) is 0 Å². The number of hydrogen-bond donors (Lipinski definition) is 2. The topological polar surface area (TPSA) is 66.4 Å². The van der Waals surface area contributed by atoms with Crippen molar-refractivity contribution in [2.24, 2.45) is 17.8 Å². The molecule has 0 aromatic rings. The molecule has 16 heavy (non-hydrogen) atoms. The van der Waals surface area contributed by atoms with Crippen LogP contribution < -0.4 is 5.32 Å². The molecule has 4 nitrogen and oxygen atoms in total. The molecule has 90 valence electrons. The summed E-state index contributed by atoms with van der Waals surface area (Å²) in [5, 5.41) is 11.8. The van der Waals surface area contributed by atoms with Gasteiger partial charge in [-0.3, -0.25) is 4.79 Å². The summed E-state index contributed by atoms with van der Waals surface area (Å²) in [5.74, 6) is -2.09. The number of alkyl halides is 1. The minimum absolute atomic E-state index is 0.0872. The zero-order chi connectivity index (χ0) is 12.1. The van der Waals surface area contributed by atoms with Crippen molar-refractivity contribution in [3.05, 3.63) is 0 Å². The molecule has 0 radical (unpaired) electrons. The fraction of sp³-hybridized carbons (Fsp3) is 0.818. The number of nitrogens with one attached hydrogen (secondary N) is 1. The predicted octanol–water partition coefficient (Wildman–Crippen LogP) is 0.960. The summed E-state index contributed by atoms with van der Waals surface area (Å²) in [6.45, 7) is 3.38. The molecule has 0 bridgehead atoms. The summed E-state index contributed by atoms with van der Waals surface area (Å²) >= 11 is 0. The van der Waals surface area contributed by atoms with Crippen molar-refractivity contribution in [3.8, 4) is 0 Å². The Labute approximate surface area is 93.2 Å². The van der Waals surface area contributed by atoms with Crippen LogP contribution in [-0.2, 0) is 9.59 Å². The second-order valence-electron chi connectivity index (χ2n) is 5.15. The van der Waals surface area contributed by atoms with E-state index < -0.39 is 17.7 Å². The Kier molecular flexibility index (Phi) is 2.44. The lowest BCUT2D eigenvalue weighted by Crippen LogP contribution is -2.56. The highest BCUT2D eigenvalue weighted by molar-refractivity contribution is 5.89. The van der Waals surface area contributed by atoms with Gasteiger partial charge in [-0.1, -0.05) is 13.8 Å². The van der Waals surface area contributed by atoms with Gasteiger partial charge in [-0.15, -0.1) is 0 Å². The van der Waals surface area contributed by atoms with E-state index in [4.69, 9.17) is 0 Å². The molecule has 2 fully saturated rings. The van der Waals surface area contributed by atoms with E-state index in [1.165, 1.54) is 0 Å². The molecule has 5 heteroatoms. The first kappa shape index (κ1) is 11.4. The van der Waals surface area contributed by atoms with E-state index in [0.29, 0.717) is 6.42 Å². The number of amides is 1. The monoisotopic (exact) mass is 229 g/mol. The van der Waals surface area contributed by atoms with Crippen molar-refractivity contribution >= 4 is 11.9 Å². The van der Waals surface area contributed by atoms with Crippen LogP contribution in [0.4, 0.5) is 4.39 Å². The van der Waals surface area contributed by atoms with E-state index in [1.54, 1.807) is 13.8 Å². The van der Waals surface area contributed by atoms with Gasteiger partial charge >= 0.3 is 5.97 Å². The van der Waals surface area contributed by atoms with Crippen molar-refractivity contribution in [1.29, 1.82) is 0 Å². The smallest absolute Gasteiger partial charge is 0.329 e. The van der Waals surface area contributed by atoms with E-state index in [0.717, 1.165) is 0 Å². The average Bonchev–Trinajstić information content (AvgIpc) is 2.90. The minimum Gasteiger partial charge on any atom is -0.479 e. The first-order valence-corrected chi connectivity index (χ1v) is 5.58. The largest absolute Gasteiger partial charge is 0.479 e. The minimum atomic E-state index is -1.36. The van der Waals surface area contributed by atoms with Gasteiger partial charge in [-0.2, -0.15) is 0 Å². The van der Waals surface area contributed by atoms with Crippen molar-refractivity contribution in [2.75, 3.05) is 0 Å². The zero-order valence-electron chi connectivity index (χ0n) is 9.37. The summed E-state index contributed by atoms with van der Waals surface area (Å²) in [7, 11) is 0. The molecule has 0 unspecified atom stereocenters. The maximum atomic E-state index is 13.5. The number of carbonyl (C=O) groups is 2. The standard InChI is InChI=1S/C11H16FNO3/c1-5(2)9(14)13-11(10(15)16)4-8(12)6-3-7(6)11/h5-8H,3-4H2,1-2H3,(H,13,14)(H,15,16)/t6-,7+,8+,11-/m0/s1. The number of aliphatic carboxylic acids is 1. The van der Waals surface area contributed by atoms with Crippen molar-refractivity contribution < 1.29 is 19.1 Å². The molecule has 0 aromatic carbocycles. The van der Waals surface area contributed by atoms with Gasteiger partial charge in [0.15, 0.2) is 0 Å². The second-order valence-corrected chi connectivity index (χ2v) is 5.15. The fourth-order valence-corrected chi connectivity index (χ4v) is 2.60. The van der Waals surface area contributed by atoms with Gasteiger partial charge in [-0.25, -0.2) is 9.18 Å². The highest BCUT2D eigenvalue weighted by Gasteiger charge is 2.67. The lowest BCUT2D eigenvalue weighted by Gasteiger charge is -2.28.